The summed E-state index contributed by atoms with van der Waals surface area (Å²) in [5.74, 6) is 0.986. The van der Waals surface area contributed by atoms with E-state index in [1.54, 1.807) is 0 Å². The Labute approximate surface area is 185 Å². The number of aromatic hydroxyl groups is 1. The molecule has 166 valence electrons. The minimum absolute atomic E-state index is 0.216. The number of benzene rings is 2. The van der Waals surface area contributed by atoms with Crippen LogP contribution in [0.4, 0.5) is 0 Å². The van der Waals surface area contributed by atoms with E-state index >= 15 is 0 Å². The summed E-state index contributed by atoms with van der Waals surface area (Å²) in [6.07, 6.45) is 14.3. The molecule has 0 radical (unpaired) electrons. The van der Waals surface area contributed by atoms with Crippen molar-refractivity contribution in [2.75, 3.05) is 0 Å². The maximum Gasteiger partial charge on any atom is 0.119 e. The highest BCUT2D eigenvalue weighted by atomic mass is 16.3. The van der Waals surface area contributed by atoms with Gasteiger partial charge < -0.3 is 5.11 Å². The van der Waals surface area contributed by atoms with Gasteiger partial charge in [-0.1, -0.05) is 128 Å². The van der Waals surface area contributed by atoms with Gasteiger partial charge in [0.25, 0.3) is 0 Å². The van der Waals surface area contributed by atoms with Crippen molar-refractivity contribution in [2.45, 2.75) is 110 Å². The molecule has 0 spiro atoms. The third-order valence-electron chi connectivity index (χ3n) is 6.70. The number of phenols is 1. The van der Waals surface area contributed by atoms with E-state index in [1.807, 2.05) is 12.1 Å². The summed E-state index contributed by atoms with van der Waals surface area (Å²) in [7, 11) is 0. The predicted octanol–water partition coefficient (Wildman–Crippen LogP) is 9.13. The van der Waals surface area contributed by atoms with Crippen LogP contribution in [0.25, 0.3) is 0 Å². The molecule has 0 aliphatic heterocycles. The number of rotatable bonds is 14. The van der Waals surface area contributed by atoms with Crippen LogP contribution >= 0.6 is 0 Å². The van der Waals surface area contributed by atoms with E-state index in [4.69, 9.17) is 0 Å². The Balaban J connectivity index is 2.31. The van der Waals surface area contributed by atoms with Crippen molar-refractivity contribution < 1.29 is 5.11 Å². The van der Waals surface area contributed by atoms with E-state index in [9.17, 15) is 5.11 Å². The highest BCUT2D eigenvalue weighted by molar-refractivity contribution is 5.51. The van der Waals surface area contributed by atoms with Gasteiger partial charge in [0.2, 0.25) is 0 Å². The van der Waals surface area contributed by atoms with Crippen LogP contribution in [0.5, 0.6) is 5.75 Å². The molecule has 0 saturated carbocycles. The van der Waals surface area contributed by atoms with E-state index < -0.39 is 0 Å². The Morgan fingerprint density at radius 3 is 1.87 bits per heavy atom. The molecule has 1 nitrogen and oxygen atoms in total. The van der Waals surface area contributed by atoms with Crippen molar-refractivity contribution in [3.8, 4) is 5.75 Å². The minimum atomic E-state index is -0.216. The first kappa shape index (κ1) is 24.5. The summed E-state index contributed by atoms with van der Waals surface area (Å²) < 4.78 is 0. The minimum Gasteiger partial charge on any atom is -0.508 e. The quantitative estimate of drug-likeness (QED) is 0.309. The zero-order chi connectivity index (χ0) is 21.8. The number of hydrogen-bond acceptors (Lipinski definition) is 1. The standard InChI is InChI=1S/C29H44O/c1-5-7-9-11-14-19-24(18-13-10-8-6-2)26-22-17-23-27(30)28(26)29(3,4)25-20-15-12-16-21-25/h12,15-17,20-24,30H,5-11,13-14,18-19H2,1-4H3. The number of unbranched alkanes of at least 4 members (excludes halogenated alkanes) is 7. The zero-order valence-electron chi connectivity index (χ0n) is 19.9. The van der Waals surface area contributed by atoms with Crippen molar-refractivity contribution in [3.63, 3.8) is 0 Å². The molecule has 1 heteroatoms. The normalized spacial score (nSPS) is 12.8. The second kappa shape index (κ2) is 12.8. The van der Waals surface area contributed by atoms with Crippen molar-refractivity contribution in [1.29, 1.82) is 0 Å². The molecule has 0 aromatic heterocycles. The molecule has 0 aliphatic carbocycles. The second-order valence-corrected chi connectivity index (χ2v) is 9.48. The number of phenolic OH excluding ortho intramolecular Hbond substituents is 1. The Kier molecular flexibility index (Phi) is 10.5. The van der Waals surface area contributed by atoms with Gasteiger partial charge in [-0.25, -0.2) is 0 Å². The third kappa shape index (κ3) is 6.89. The predicted molar refractivity (Wildman–Crippen MR) is 132 cm³/mol. The Morgan fingerprint density at radius 1 is 0.700 bits per heavy atom. The van der Waals surface area contributed by atoms with Crippen molar-refractivity contribution >= 4 is 0 Å². The van der Waals surface area contributed by atoms with Crippen LogP contribution in [-0.2, 0) is 5.41 Å². The van der Waals surface area contributed by atoms with Gasteiger partial charge in [-0.05, 0) is 36.0 Å². The molecular formula is C29H44O. The lowest BCUT2D eigenvalue weighted by Crippen LogP contribution is -2.22. The SMILES string of the molecule is CCCCCCCC(CCCCCC)c1cccc(O)c1C(C)(C)c1ccccc1. The largest absolute Gasteiger partial charge is 0.508 e. The lowest BCUT2D eigenvalue weighted by atomic mass is 9.72. The Morgan fingerprint density at radius 2 is 1.27 bits per heavy atom. The lowest BCUT2D eigenvalue weighted by Gasteiger charge is -2.32. The van der Waals surface area contributed by atoms with E-state index in [1.165, 1.54) is 81.8 Å². The van der Waals surface area contributed by atoms with Gasteiger partial charge in [0.05, 0.1) is 0 Å². The molecule has 1 unspecified atom stereocenters. The summed E-state index contributed by atoms with van der Waals surface area (Å²) in [5, 5.41) is 11.0. The summed E-state index contributed by atoms with van der Waals surface area (Å²) in [6.45, 7) is 9.08. The fourth-order valence-corrected chi connectivity index (χ4v) is 4.85. The summed E-state index contributed by atoms with van der Waals surface area (Å²) in [5.41, 5.74) is 3.55. The molecule has 2 rings (SSSR count). The molecule has 1 N–H and O–H groups in total. The molecule has 0 bridgehead atoms. The van der Waals surface area contributed by atoms with Gasteiger partial charge in [-0.3, -0.25) is 0 Å². The second-order valence-electron chi connectivity index (χ2n) is 9.48. The van der Waals surface area contributed by atoms with Crippen LogP contribution in [0.2, 0.25) is 0 Å². The molecule has 0 saturated heterocycles. The molecule has 0 amide bonds. The van der Waals surface area contributed by atoms with Crippen LogP contribution in [0.15, 0.2) is 48.5 Å². The van der Waals surface area contributed by atoms with Gasteiger partial charge in [0, 0.05) is 11.0 Å². The first-order valence-electron chi connectivity index (χ1n) is 12.4. The molecule has 0 fully saturated rings. The molecule has 0 aliphatic rings. The van der Waals surface area contributed by atoms with Crippen LogP contribution in [0.1, 0.15) is 121 Å². The first-order valence-corrected chi connectivity index (χ1v) is 12.4. The fourth-order valence-electron chi connectivity index (χ4n) is 4.85. The fraction of sp³-hybridized carbons (Fsp3) is 0.586. The van der Waals surface area contributed by atoms with Crippen LogP contribution in [-0.4, -0.2) is 5.11 Å². The Bertz CT molecular complexity index is 716. The van der Waals surface area contributed by atoms with Crippen molar-refractivity contribution in [1.82, 2.24) is 0 Å². The van der Waals surface area contributed by atoms with Gasteiger partial charge in [-0.2, -0.15) is 0 Å². The number of hydrogen-bond donors (Lipinski definition) is 1. The zero-order valence-corrected chi connectivity index (χ0v) is 19.9. The highest BCUT2D eigenvalue weighted by Crippen LogP contribution is 2.43. The maximum absolute atomic E-state index is 11.0. The molecule has 2 aromatic carbocycles. The molecule has 2 aromatic rings. The summed E-state index contributed by atoms with van der Waals surface area (Å²) >= 11 is 0. The Hall–Kier alpha value is -1.76. The lowest BCUT2D eigenvalue weighted by molar-refractivity contribution is 0.440. The van der Waals surface area contributed by atoms with Gasteiger partial charge in [0.15, 0.2) is 0 Å². The van der Waals surface area contributed by atoms with E-state index in [-0.39, 0.29) is 5.41 Å². The topological polar surface area (TPSA) is 20.2 Å². The van der Waals surface area contributed by atoms with Crippen molar-refractivity contribution in [3.05, 3.63) is 65.2 Å². The van der Waals surface area contributed by atoms with Crippen LogP contribution in [0, 0.1) is 0 Å². The molecule has 0 heterocycles. The van der Waals surface area contributed by atoms with Crippen molar-refractivity contribution in [2.24, 2.45) is 0 Å². The highest BCUT2D eigenvalue weighted by Gasteiger charge is 2.31. The van der Waals surface area contributed by atoms with Crippen LogP contribution < -0.4 is 0 Å². The first-order chi connectivity index (χ1) is 14.5. The molecular weight excluding hydrogens is 364 g/mol. The van der Waals surface area contributed by atoms with E-state index in [2.05, 4.69) is 64.1 Å². The smallest absolute Gasteiger partial charge is 0.119 e. The summed E-state index contributed by atoms with van der Waals surface area (Å²) in [6, 6.07) is 16.9. The maximum atomic E-state index is 11.0. The monoisotopic (exact) mass is 408 g/mol. The third-order valence-corrected chi connectivity index (χ3v) is 6.70. The summed E-state index contributed by atoms with van der Waals surface area (Å²) in [4.78, 5) is 0. The van der Waals surface area contributed by atoms with Gasteiger partial charge in [-0.15, -0.1) is 0 Å². The van der Waals surface area contributed by atoms with Crippen LogP contribution in [0.3, 0.4) is 0 Å². The molecule has 30 heavy (non-hydrogen) atoms. The van der Waals surface area contributed by atoms with Gasteiger partial charge in [0.1, 0.15) is 5.75 Å². The van der Waals surface area contributed by atoms with E-state index in [0.29, 0.717) is 11.7 Å². The average molecular weight is 409 g/mol. The average Bonchev–Trinajstić information content (AvgIpc) is 2.75. The molecule has 1 atom stereocenters. The van der Waals surface area contributed by atoms with Gasteiger partial charge >= 0.3 is 0 Å². The van der Waals surface area contributed by atoms with E-state index in [0.717, 1.165) is 5.56 Å².